The van der Waals surface area contributed by atoms with Crippen LogP contribution < -0.4 is 10.5 Å². The van der Waals surface area contributed by atoms with Crippen LogP contribution >= 0.6 is 0 Å². The van der Waals surface area contributed by atoms with E-state index in [1.165, 1.54) is 19.2 Å². The molecule has 1 aromatic heterocycles. The summed E-state index contributed by atoms with van der Waals surface area (Å²) >= 11 is 0. The normalized spacial score (nSPS) is 21.7. The van der Waals surface area contributed by atoms with Gasteiger partial charge in [-0.05, 0) is 30.3 Å². The first-order valence-corrected chi connectivity index (χ1v) is 8.49. The van der Waals surface area contributed by atoms with E-state index in [2.05, 4.69) is 4.98 Å². The molecule has 4 nitrogen and oxygen atoms in total. The van der Waals surface area contributed by atoms with Crippen molar-refractivity contribution >= 4 is 16.6 Å². The maximum Gasteiger partial charge on any atom is 0.424 e. The van der Waals surface area contributed by atoms with Crippen molar-refractivity contribution < 1.29 is 27.0 Å². The number of aromatic nitrogens is 1. The van der Waals surface area contributed by atoms with Gasteiger partial charge >= 0.3 is 6.18 Å². The molecule has 2 unspecified atom stereocenters. The second-order valence-corrected chi connectivity index (χ2v) is 6.58. The first-order chi connectivity index (χ1) is 13.3. The van der Waals surface area contributed by atoms with E-state index in [1.54, 1.807) is 30.3 Å². The fourth-order valence-electron chi connectivity index (χ4n) is 3.49. The molecule has 2 heterocycles. The van der Waals surface area contributed by atoms with Gasteiger partial charge in [-0.3, -0.25) is 4.98 Å². The van der Waals surface area contributed by atoms with Crippen LogP contribution in [0.1, 0.15) is 11.3 Å². The SMILES string of the molecule is COc1cccc(C2(C(F)(F)F)OC2Cc2ccc3c(N)cccc3n2)c1F. The minimum Gasteiger partial charge on any atom is -0.494 e. The molecule has 1 aliphatic heterocycles. The van der Waals surface area contributed by atoms with Crippen LogP contribution in [-0.2, 0) is 16.8 Å². The van der Waals surface area contributed by atoms with Crippen molar-refractivity contribution in [1.82, 2.24) is 4.98 Å². The smallest absolute Gasteiger partial charge is 0.424 e. The molecule has 3 aromatic rings. The number of benzene rings is 2. The van der Waals surface area contributed by atoms with E-state index in [4.69, 9.17) is 15.2 Å². The summed E-state index contributed by atoms with van der Waals surface area (Å²) in [6.07, 6.45) is -6.22. The molecular weight excluding hydrogens is 376 g/mol. The third kappa shape index (κ3) is 2.75. The number of hydrogen-bond acceptors (Lipinski definition) is 4. The fraction of sp³-hybridized carbons (Fsp3) is 0.250. The predicted octanol–water partition coefficient (Wildman–Crippen LogP) is 4.36. The highest BCUT2D eigenvalue weighted by molar-refractivity contribution is 5.90. The van der Waals surface area contributed by atoms with Crippen molar-refractivity contribution in [3.63, 3.8) is 0 Å². The molecule has 0 spiro atoms. The van der Waals surface area contributed by atoms with Crippen LogP contribution in [0.2, 0.25) is 0 Å². The van der Waals surface area contributed by atoms with Crippen LogP contribution in [0.3, 0.4) is 0 Å². The molecule has 1 saturated heterocycles. The molecular formula is C20H16F4N2O2. The Labute approximate surface area is 157 Å². The topological polar surface area (TPSA) is 60.7 Å². The third-order valence-electron chi connectivity index (χ3n) is 4.95. The van der Waals surface area contributed by atoms with Gasteiger partial charge in [0.05, 0.1) is 12.6 Å². The molecule has 2 aromatic carbocycles. The van der Waals surface area contributed by atoms with E-state index in [9.17, 15) is 17.6 Å². The molecule has 4 rings (SSSR count). The zero-order chi connectivity index (χ0) is 20.1. The standard InChI is InChI=1S/C20H16F4N2O2/c1-27-16-7-2-4-13(18(16)21)19(20(22,23)24)17(28-19)10-11-8-9-12-14(25)5-3-6-15(12)26-11/h2-9,17H,10,25H2,1H3. The first kappa shape index (κ1) is 18.5. The number of ether oxygens (including phenoxy) is 2. The highest BCUT2D eigenvalue weighted by atomic mass is 19.4. The lowest BCUT2D eigenvalue weighted by Crippen LogP contribution is -2.34. The third-order valence-corrected chi connectivity index (χ3v) is 4.95. The van der Waals surface area contributed by atoms with Crippen molar-refractivity contribution in [3.05, 3.63) is 65.6 Å². The van der Waals surface area contributed by atoms with Gasteiger partial charge in [0.1, 0.15) is 6.10 Å². The quantitative estimate of drug-likeness (QED) is 0.407. The fourth-order valence-corrected chi connectivity index (χ4v) is 3.49. The second-order valence-electron chi connectivity index (χ2n) is 6.58. The molecule has 2 atom stereocenters. The highest BCUT2D eigenvalue weighted by Gasteiger charge is 2.75. The summed E-state index contributed by atoms with van der Waals surface area (Å²) in [5.74, 6) is -1.35. The number of epoxide rings is 1. The maximum atomic E-state index is 14.6. The molecule has 28 heavy (non-hydrogen) atoms. The van der Waals surface area contributed by atoms with E-state index in [-0.39, 0.29) is 12.2 Å². The van der Waals surface area contributed by atoms with Crippen molar-refractivity contribution in [1.29, 1.82) is 0 Å². The number of nitrogen functional groups attached to an aromatic ring is 1. The van der Waals surface area contributed by atoms with E-state index in [0.29, 0.717) is 22.3 Å². The highest BCUT2D eigenvalue weighted by Crippen LogP contribution is 2.59. The summed E-state index contributed by atoms with van der Waals surface area (Å²) in [5.41, 5.74) is 4.06. The molecule has 0 amide bonds. The lowest BCUT2D eigenvalue weighted by molar-refractivity contribution is -0.188. The van der Waals surface area contributed by atoms with E-state index in [1.807, 2.05) is 0 Å². The molecule has 0 aliphatic carbocycles. The molecule has 146 valence electrons. The van der Waals surface area contributed by atoms with E-state index in [0.717, 1.165) is 6.07 Å². The number of fused-ring (bicyclic) bond motifs is 1. The molecule has 0 bridgehead atoms. The Morgan fingerprint density at radius 3 is 2.61 bits per heavy atom. The molecule has 1 aliphatic rings. The molecule has 2 N–H and O–H groups in total. The Kier molecular flexibility index (Phi) is 4.19. The van der Waals surface area contributed by atoms with Gasteiger partial charge < -0.3 is 15.2 Å². The van der Waals surface area contributed by atoms with Gasteiger partial charge in [-0.25, -0.2) is 4.39 Å². The first-order valence-electron chi connectivity index (χ1n) is 8.49. The number of anilines is 1. The number of nitrogens with two attached hydrogens (primary N) is 1. The zero-order valence-corrected chi connectivity index (χ0v) is 14.8. The van der Waals surface area contributed by atoms with Gasteiger partial charge in [-0.1, -0.05) is 18.2 Å². The van der Waals surface area contributed by atoms with Crippen molar-refractivity contribution in [3.8, 4) is 5.75 Å². The monoisotopic (exact) mass is 392 g/mol. The lowest BCUT2D eigenvalue weighted by Gasteiger charge is -2.19. The Balaban J connectivity index is 1.70. The minimum atomic E-state index is -4.80. The van der Waals surface area contributed by atoms with Gasteiger partial charge in [0.2, 0.25) is 5.60 Å². The number of methoxy groups -OCH3 is 1. The lowest BCUT2D eigenvalue weighted by atomic mass is 9.91. The summed E-state index contributed by atoms with van der Waals surface area (Å²) in [6.45, 7) is 0. The van der Waals surface area contributed by atoms with Crippen molar-refractivity contribution in [2.24, 2.45) is 0 Å². The summed E-state index contributed by atoms with van der Waals surface area (Å²) in [7, 11) is 1.19. The summed E-state index contributed by atoms with van der Waals surface area (Å²) in [4.78, 5) is 4.37. The van der Waals surface area contributed by atoms with Crippen LogP contribution in [0.4, 0.5) is 23.2 Å². The zero-order valence-electron chi connectivity index (χ0n) is 14.8. The van der Waals surface area contributed by atoms with Crippen LogP contribution in [0.15, 0.2) is 48.5 Å². The summed E-state index contributed by atoms with van der Waals surface area (Å²) in [5, 5.41) is 0.712. The predicted molar refractivity (Wildman–Crippen MR) is 95.4 cm³/mol. The maximum absolute atomic E-state index is 14.6. The van der Waals surface area contributed by atoms with Crippen LogP contribution in [0.5, 0.6) is 5.75 Å². The Bertz CT molecular complexity index is 1050. The molecule has 0 saturated carbocycles. The van der Waals surface area contributed by atoms with Crippen LogP contribution in [0.25, 0.3) is 10.9 Å². The number of nitrogens with zero attached hydrogens (tertiary/aromatic N) is 1. The van der Waals surface area contributed by atoms with Gasteiger partial charge in [0, 0.05) is 28.8 Å². The molecule has 8 heteroatoms. The number of halogens is 4. The molecule has 1 fully saturated rings. The summed E-state index contributed by atoms with van der Waals surface area (Å²) < 4.78 is 66.1. The van der Waals surface area contributed by atoms with Crippen LogP contribution in [-0.4, -0.2) is 24.4 Å². The summed E-state index contributed by atoms with van der Waals surface area (Å²) in [6, 6.07) is 12.1. The number of rotatable bonds is 4. The van der Waals surface area contributed by atoms with E-state index < -0.39 is 29.3 Å². The Morgan fingerprint density at radius 2 is 1.89 bits per heavy atom. The van der Waals surface area contributed by atoms with Gasteiger partial charge in [0.15, 0.2) is 11.6 Å². The van der Waals surface area contributed by atoms with Crippen LogP contribution in [0, 0.1) is 5.82 Å². The van der Waals surface area contributed by atoms with E-state index >= 15 is 0 Å². The van der Waals surface area contributed by atoms with Crippen molar-refractivity contribution in [2.45, 2.75) is 24.3 Å². The Hall–Kier alpha value is -2.87. The average molecular weight is 392 g/mol. The molecule has 0 radical (unpaired) electrons. The largest absolute Gasteiger partial charge is 0.494 e. The minimum absolute atomic E-state index is 0.124. The van der Waals surface area contributed by atoms with Gasteiger partial charge in [-0.2, -0.15) is 13.2 Å². The number of hydrogen-bond donors (Lipinski definition) is 1. The number of alkyl halides is 3. The van der Waals surface area contributed by atoms with Gasteiger partial charge in [0.25, 0.3) is 0 Å². The second kappa shape index (κ2) is 6.34. The number of pyridine rings is 1. The Morgan fingerprint density at radius 1 is 1.14 bits per heavy atom. The van der Waals surface area contributed by atoms with Crippen molar-refractivity contribution in [2.75, 3.05) is 12.8 Å². The average Bonchev–Trinajstić information content (AvgIpc) is 3.37. The van der Waals surface area contributed by atoms with Gasteiger partial charge in [-0.15, -0.1) is 0 Å².